The lowest BCUT2D eigenvalue weighted by Gasteiger charge is -2.28. The Morgan fingerprint density at radius 1 is 1.35 bits per heavy atom. The molecule has 1 N–H and O–H groups in total. The van der Waals surface area contributed by atoms with Gasteiger partial charge in [-0.15, -0.1) is 0 Å². The molecule has 1 atom stereocenters. The van der Waals surface area contributed by atoms with Crippen molar-refractivity contribution in [3.8, 4) is 0 Å². The molecule has 0 aromatic heterocycles. The van der Waals surface area contributed by atoms with Gasteiger partial charge >= 0.3 is 6.03 Å². The van der Waals surface area contributed by atoms with Gasteiger partial charge in [0, 0.05) is 18.6 Å². The van der Waals surface area contributed by atoms with E-state index in [0.717, 1.165) is 19.3 Å². The maximum Gasteiger partial charge on any atom is 0.317 e. The van der Waals surface area contributed by atoms with Crippen LogP contribution < -0.4 is 5.32 Å². The first-order valence-corrected chi connectivity index (χ1v) is 8.11. The summed E-state index contributed by atoms with van der Waals surface area (Å²) in [6.07, 6.45) is 3.54. The molecule has 0 radical (unpaired) electrons. The largest absolute Gasteiger partial charge is 0.335 e. The third-order valence-electron chi connectivity index (χ3n) is 3.28. The normalized spacial score (nSPS) is 26.8. The molecule has 0 spiro atoms. The molecule has 2 fully saturated rings. The first kappa shape index (κ1) is 12.7. The van der Waals surface area contributed by atoms with Crippen LogP contribution in [0, 0.1) is 0 Å². The predicted octanol–water partition coefficient (Wildman–Crippen LogP) is 0.758. The van der Waals surface area contributed by atoms with Gasteiger partial charge in [0.15, 0.2) is 9.84 Å². The van der Waals surface area contributed by atoms with Crippen LogP contribution in [0.5, 0.6) is 0 Å². The highest BCUT2D eigenvalue weighted by molar-refractivity contribution is 7.91. The lowest BCUT2D eigenvalue weighted by Crippen LogP contribution is -2.47. The average molecular weight is 260 g/mol. The number of carbonyl (C=O) groups is 1. The van der Waals surface area contributed by atoms with Gasteiger partial charge < -0.3 is 10.2 Å². The summed E-state index contributed by atoms with van der Waals surface area (Å²) in [6, 6.07) is 0.106. The van der Waals surface area contributed by atoms with Crippen LogP contribution in [0.2, 0.25) is 0 Å². The van der Waals surface area contributed by atoms with Crippen LogP contribution in [-0.2, 0) is 9.84 Å². The average Bonchev–Trinajstić information content (AvgIpc) is 2.98. The zero-order chi connectivity index (χ0) is 12.5. The first-order chi connectivity index (χ1) is 8.02. The zero-order valence-electron chi connectivity index (χ0n) is 10.2. The highest BCUT2D eigenvalue weighted by Gasteiger charge is 2.35. The molecular weight excluding hydrogens is 240 g/mol. The number of nitrogens with one attached hydrogen (secondary N) is 1. The van der Waals surface area contributed by atoms with Gasteiger partial charge in [0.05, 0.1) is 11.5 Å². The minimum atomic E-state index is -2.93. The molecule has 17 heavy (non-hydrogen) atoms. The molecular formula is C11H20N2O3S. The molecule has 1 aliphatic carbocycles. The fourth-order valence-corrected chi connectivity index (χ4v) is 3.93. The Hall–Kier alpha value is -0.780. The summed E-state index contributed by atoms with van der Waals surface area (Å²) in [5.74, 6) is 0.347. The van der Waals surface area contributed by atoms with Crippen molar-refractivity contribution < 1.29 is 13.2 Å². The summed E-state index contributed by atoms with van der Waals surface area (Å²) in [4.78, 5) is 13.7. The number of hydrogen-bond donors (Lipinski definition) is 1. The van der Waals surface area contributed by atoms with Crippen LogP contribution in [-0.4, -0.2) is 49.5 Å². The second kappa shape index (κ2) is 4.84. The lowest BCUT2D eigenvalue weighted by atomic mass is 10.2. The predicted molar refractivity (Wildman–Crippen MR) is 65.6 cm³/mol. The van der Waals surface area contributed by atoms with E-state index in [1.54, 1.807) is 4.90 Å². The molecule has 98 valence electrons. The van der Waals surface area contributed by atoms with Crippen LogP contribution in [0.15, 0.2) is 0 Å². The van der Waals surface area contributed by atoms with Crippen molar-refractivity contribution >= 4 is 15.9 Å². The quantitative estimate of drug-likeness (QED) is 0.811. The van der Waals surface area contributed by atoms with Crippen molar-refractivity contribution in [3.05, 3.63) is 0 Å². The maximum absolute atomic E-state index is 12.0. The van der Waals surface area contributed by atoms with Gasteiger partial charge in [-0.2, -0.15) is 0 Å². The van der Waals surface area contributed by atoms with Crippen molar-refractivity contribution in [1.29, 1.82) is 0 Å². The van der Waals surface area contributed by atoms with Gasteiger partial charge in [0.1, 0.15) is 0 Å². The Labute approximate surface area is 102 Å². The molecule has 1 heterocycles. The van der Waals surface area contributed by atoms with Crippen molar-refractivity contribution in [2.75, 3.05) is 18.1 Å². The lowest BCUT2D eigenvalue weighted by molar-refractivity contribution is 0.179. The van der Waals surface area contributed by atoms with E-state index < -0.39 is 9.84 Å². The smallest absolute Gasteiger partial charge is 0.317 e. The second-order valence-electron chi connectivity index (χ2n) is 4.97. The van der Waals surface area contributed by atoms with E-state index in [1.807, 2.05) is 6.92 Å². The summed E-state index contributed by atoms with van der Waals surface area (Å²) >= 11 is 0. The van der Waals surface area contributed by atoms with Gasteiger partial charge in [-0.3, -0.25) is 0 Å². The van der Waals surface area contributed by atoms with Gasteiger partial charge in [-0.05, 0) is 25.7 Å². The number of rotatable bonds is 4. The standard InChI is InChI=1S/C11H20N2O3S/c1-2-6-13(11(14)12-9-3-4-9)10-5-7-17(15,16)8-10/h9-10H,2-8H2,1H3,(H,12,14). The second-order valence-corrected chi connectivity index (χ2v) is 7.20. The summed E-state index contributed by atoms with van der Waals surface area (Å²) in [5.41, 5.74) is 0. The number of hydrogen-bond acceptors (Lipinski definition) is 3. The third kappa shape index (κ3) is 3.34. The van der Waals surface area contributed by atoms with E-state index in [4.69, 9.17) is 0 Å². The molecule has 0 aromatic carbocycles. The monoisotopic (exact) mass is 260 g/mol. The highest BCUT2D eigenvalue weighted by Crippen LogP contribution is 2.22. The zero-order valence-corrected chi connectivity index (χ0v) is 11.0. The molecule has 0 aromatic rings. The molecule has 2 amide bonds. The summed E-state index contributed by atoms with van der Waals surface area (Å²) in [5, 5.41) is 2.94. The fourth-order valence-electron chi connectivity index (χ4n) is 2.20. The molecule has 6 heteroatoms. The molecule has 2 rings (SSSR count). The minimum Gasteiger partial charge on any atom is -0.335 e. The van der Waals surface area contributed by atoms with Gasteiger partial charge in [0.2, 0.25) is 0 Å². The van der Waals surface area contributed by atoms with Gasteiger partial charge in [-0.25, -0.2) is 13.2 Å². The molecule has 1 unspecified atom stereocenters. The topological polar surface area (TPSA) is 66.5 Å². The molecule has 2 aliphatic rings. The summed E-state index contributed by atoms with van der Waals surface area (Å²) in [6.45, 7) is 2.64. The number of amides is 2. The number of nitrogens with zero attached hydrogens (tertiary/aromatic N) is 1. The van der Waals surface area contributed by atoms with Crippen molar-refractivity contribution in [2.45, 2.75) is 44.7 Å². The van der Waals surface area contributed by atoms with E-state index in [0.29, 0.717) is 19.0 Å². The van der Waals surface area contributed by atoms with Crippen molar-refractivity contribution in [1.82, 2.24) is 10.2 Å². The number of urea groups is 1. The highest BCUT2D eigenvalue weighted by atomic mass is 32.2. The molecule has 1 saturated carbocycles. The van der Waals surface area contributed by atoms with Gasteiger partial charge in [0.25, 0.3) is 0 Å². The van der Waals surface area contributed by atoms with Crippen LogP contribution in [0.25, 0.3) is 0 Å². The Morgan fingerprint density at radius 3 is 2.53 bits per heavy atom. The molecule has 0 bridgehead atoms. The third-order valence-corrected chi connectivity index (χ3v) is 5.03. The van der Waals surface area contributed by atoms with E-state index in [-0.39, 0.29) is 23.6 Å². The van der Waals surface area contributed by atoms with E-state index in [2.05, 4.69) is 5.32 Å². The van der Waals surface area contributed by atoms with Crippen LogP contribution >= 0.6 is 0 Å². The fraction of sp³-hybridized carbons (Fsp3) is 0.909. The van der Waals surface area contributed by atoms with Crippen molar-refractivity contribution in [3.63, 3.8) is 0 Å². The van der Waals surface area contributed by atoms with E-state index in [1.165, 1.54) is 0 Å². The SMILES string of the molecule is CCCN(C(=O)NC1CC1)C1CCS(=O)(=O)C1. The Morgan fingerprint density at radius 2 is 2.06 bits per heavy atom. The number of sulfone groups is 1. The van der Waals surface area contributed by atoms with Crippen molar-refractivity contribution in [2.24, 2.45) is 0 Å². The van der Waals surface area contributed by atoms with Crippen LogP contribution in [0.4, 0.5) is 4.79 Å². The maximum atomic E-state index is 12.0. The Balaban J connectivity index is 1.98. The number of carbonyl (C=O) groups excluding carboxylic acids is 1. The van der Waals surface area contributed by atoms with Crippen LogP contribution in [0.1, 0.15) is 32.6 Å². The minimum absolute atomic E-state index is 0.0866. The molecule has 1 aliphatic heterocycles. The first-order valence-electron chi connectivity index (χ1n) is 6.29. The van der Waals surface area contributed by atoms with Gasteiger partial charge in [-0.1, -0.05) is 6.92 Å². The van der Waals surface area contributed by atoms with Crippen LogP contribution in [0.3, 0.4) is 0 Å². The summed E-state index contributed by atoms with van der Waals surface area (Å²) < 4.78 is 22.9. The Bertz CT molecular complexity index is 390. The van der Waals surface area contributed by atoms with E-state index in [9.17, 15) is 13.2 Å². The molecule has 1 saturated heterocycles. The summed E-state index contributed by atoms with van der Waals surface area (Å²) in [7, 11) is -2.93. The molecule has 5 nitrogen and oxygen atoms in total. The Kier molecular flexibility index (Phi) is 3.61. The van der Waals surface area contributed by atoms with E-state index >= 15 is 0 Å².